The van der Waals surface area contributed by atoms with E-state index in [1.54, 1.807) is 12.1 Å². The average molecular weight is 554 g/mol. The topological polar surface area (TPSA) is 58.5 Å². The maximum absolute atomic E-state index is 12.5. The number of rotatable bonds is 6. The van der Waals surface area contributed by atoms with Crippen LogP contribution in [0.4, 0.5) is 26.3 Å². The minimum atomic E-state index is -4.49. The van der Waals surface area contributed by atoms with Gasteiger partial charge in [-0.15, -0.1) is 35.3 Å². The minimum Gasteiger partial charge on any atom is -0.484 e. The zero-order chi connectivity index (χ0) is 20.8. The lowest BCUT2D eigenvalue weighted by Gasteiger charge is -2.13. The maximum Gasteiger partial charge on any atom is 0.434 e. The van der Waals surface area contributed by atoms with Gasteiger partial charge in [0.1, 0.15) is 10.8 Å². The van der Waals surface area contributed by atoms with Crippen LogP contribution >= 0.6 is 35.3 Å². The van der Waals surface area contributed by atoms with Crippen molar-refractivity contribution in [3.8, 4) is 5.75 Å². The van der Waals surface area contributed by atoms with Gasteiger partial charge in [-0.3, -0.25) is 4.99 Å². The standard InChI is InChI=1S/C16H16F6N4OS.HI/c1-23-14(25-7-13-26-12(8-28-13)16(20,21)22)24-6-10-3-2-4-11(5-10)27-9-15(17,18)19;/h2-5,8H,6-7,9H2,1H3,(H2,23,24,25);1H. The second-order valence-electron chi connectivity index (χ2n) is 5.45. The highest BCUT2D eigenvalue weighted by Gasteiger charge is 2.33. The van der Waals surface area contributed by atoms with Gasteiger partial charge in [0, 0.05) is 19.0 Å². The van der Waals surface area contributed by atoms with Crippen molar-refractivity contribution in [2.75, 3.05) is 13.7 Å². The first-order chi connectivity index (χ1) is 13.1. The molecular weight excluding hydrogens is 537 g/mol. The van der Waals surface area contributed by atoms with E-state index in [-0.39, 0.29) is 47.8 Å². The molecule has 2 N–H and O–H groups in total. The van der Waals surface area contributed by atoms with Gasteiger partial charge in [0.2, 0.25) is 0 Å². The summed E-state index contributed by atoms with van der Waals surface area (Å²) in [5.74, 6) is 0.368. The summed E-state index contributed by atoms with van der Waals surface area (Å²) in [6.07, 6.45) is -8.92. The third-order valence-corrected chi connectivity index (χ3v) is 4.08. The van der Waals surface area contributed by atoms with Gasteiger partial charge in [0.15, 0.2) is 18.3 Å². The molecular formula is C16H17F6IN4OS. The van der Waals surface area contributed by atoms with Crippen LogP contribution in [0.25, 0.3) is 0 Å². The highest BCUT2D eigenvalue weighted by atomic mass is 127. The molecule has 0 saturated heterocycles. The molecule has 13 heteroatoms. The Kier molecular flexibility index (Phi) is 9.45. The molecule has 0 saturated carbocycles. The molecule has 0 atom stereocenters. The van der Waals surface area contributed by atoms with Crippen LogP contribution in [0, 0.1) is 0 Å². The summed E-state index contributed by atoms with van der Waals surface area (Å²) in [6.45, 7) is -1.13. The van der Waals surface area contributed by atoms with E-state index in [9.17, 15) is 26.3 Å². The third-order valence-electron chi connectivity index (χ3n) is 3.23. The van der Waals surface area contributed by atoms with Crippen molar-refractivity contribution < 1.29 is 31.1 Å². The molecule has 1 aromatic carbocycles. The van der Waals surface area contributed by atoms with E-state index in [1.165, 1.54) is 19.2 Å². The number of aliphatic imine (C=N–C) groups is 1. The Morgan fingerprint density at radius 3 is 2.41 bits per heavy atom. The molecule has 0 aliphatic heterocycles. The summed E-state index contributed by atoms with van der Waals surface area (Å²) in [4.78, 5) is 7.43. The molecule has 29 heavy (non-hydrogen) atoms. The molecule has 0 aliphatic carbocycles. The lowest BCUT2D eigenvalue weighted by atomic mass is 10.2. The second-order valence-corrected chi connectivity index (χ2v) is 6.40. The average Bonchev–Trinajstić information content (AvgIpc) is 3.09. The third kappa shape index (κ3) is 9.06. The largest absolute Gasteiger partial charge is 0.484 e. The van der Waals surface area contributed by atoms with Crippen LogP contribution in [0.15, 0.2) is 34.6 Å². The van der Waals surface area contributed by atoms with Crippen molar-refractivity contribution in [1.82, 2.24) is 15.6 Å². The summed E-state index contributed by atoms with van der Waals surface area (Å²) in [5.41, 5.74) is -0.316. The number of ether oxygens (including phenoxy) is 1. The summed E-state index contributed by atoms with van der Waals surface area (Å²) in [7, 11) is 1.47. The SMILES string of the molecule is CN=C(NCc1cccc(OCC(F)(F)F)c1)NCc1nc(C(F)(F)F)cs1.I. The molecule has 2 rings (SSSR count). The molecule has 162 valence electrons. The number of nitrogens with zero attached hydrogens (tertiary/aromatic N) is 2. The Balaban J connectivity index is 0.00000420. The van der Waals surface area contributed by atoms with Crippen LogP contribution in [-0.2, 0) is 19.3 Å². The number of nitrogens with one attached hydrogen (secondary N) is 2. The van der Waals surface area contributed by atoms with Gasteiger partial charge in [-0.1, -0.05) is 12.1 Å². The van der Waals surface area contributed by atoms with Crippen LogP contribution in [0.1, 0.15) is 16.3 Å². The molecule has 0 unspecified atom stereocenters. The molecule has 1 aromatic heterocycles. The molecule has 0 bridgehead atoms. The first kappa shape index (κ1) is 25.3. The van der Waals surface area contributed by atoms with Gasteiger partial charge in [-0.05, 0) is 17.7 Å². The van der Waals surface area contributed by atoms with E-state index in [0.717, 1.165) is 16.7 Å². The Hall–Kier alpha value is -1.77. The van der Waals surface area contributed by atoms with Crippen molar-refractivity contribution in [3.05, 3.63) is 45.9 Å². The Morgan fingerprint density at radius 1 is 1.14 bits per heavy atom. The molecule has 0 aliphatic rings. The van der Waals surface area contributed by atoms with Crippen LogP contribution in [-0.4, -0.2) is 30.8 Å². The number of hydrogen-bond donors (Lipinski definition) is 2. The Bertz CT molecular complexity index is 809. The summed E-state index contributed by atoms with van der Waals surface area (Å²) in [6, 6.07) is 6.08. The smallest absolute Gasteiger partial charge is 0.434 e. The lowest BCUT2D eigenvalue weighted by Crippen LogP contribution is -2.36. The molecule has 2 aromatic rings. The number of hydrogen-bond acceptors (Lipinski definition) is 4. The van der Waals surface area contributed by atoms with Crippen molar-refractivity contribution in [2.45, 2.75) is 25.4 Å². The van der Waals surface area contributed by atoms with Crippen LogP contribution in [0.2, 0.25) is 0 Å². The van der Waals surface area contributed by atoms with Crippen molar-refractivity contribution >= 4 is 41.3 Å². The number of guanidine groups is 1. The van der Waals surface area contributed by atoms with E-state index in [4.69, 9.17) is 0 Å². The van der Waals surface area contributed by atoms with E-state index in [2.05, 4.69) is 25.3 Å². The van der Waals surface area contributed by atoms with E-state index in [0.29, 0.717) is 11.5 Å². The fourth-order valence-electron chi connectivity index (χ4n) is 2.00. The Morgan fingerprint density at radius 2 is 1.83 bits per heavy atom. The zero-order valence-corrected chi connectivity index (χ0v) is 18.0. The molecule has 0 spiro atoms. The van der Waals surface area contributed by atoms with Crippen molar-refractivity contribution in [1.29, 1.82) is 0 Å². The van der Waals surface area contributed by atoms with Gasteiger partial charge in [0.05, 0.1) is 6.54 Å². The predicted molar refractivity (Wildman–Crippen MR) is 108 cm³/mol. The van der Waals surface area contributed by atoms with Crippen molar-refractivity contribution in [2.24, 2.45) is 4.99 Å². The number of thiazole rings is 1. The molecule has 0 amide bonds. The summed E-state index contributed by atoms with van der Waals surface area (Å²) >= 11 is 0.868. The van der Waals surface area contributed by atoms with Gasteiger partial charge < -0.3 is 15.4 Å². The minimum absolute atomic E-state index is 0. The normalized spacial score (nSPS) is 12.3. The first-order valence-corrected chi connectivity index (χ1v) is 8.69. The molecule has 1 heterocycles. The number of benzene rings is 1. The van der Waals surface area contributed by atoms with Gasteiger partial charge in [-0.2, -0.15) is 26.3 Å². The van der Waals surface area contributed by atoms with Crippen LogP contribution < -0.4 is 15.4 Å². The Labute approximate surface area is 183 Å². The van der Waals surface area contributed by atoms with Gasteiger partial charge in [0.25, 0.3) is 0 Å². The molecule has 0 fully saturated rings. The number of halogens is 7. The monoisotopic (exact) mass is 554 g/mol. The van der Waals surface area contributed by atoms with Crippen LogP contribution in [0.5, 0.6) is 5.75 Å². The first-order valence-electron chi connectivity index (χ1n) is 7.81. The fraction of sp³-hybridized carbons (Fsp3) is 0.375. The van der Waals surface area contributed by atoms with Gasteiger partial charge in [-0.25, -0.2) is 4.98 Å². The summed E-state index contributed by atoms with van der Waals surface area (Å²) < 4.78 is 78.9. The van der Waals surface area contributed by atoms with E-state index < -0.39 is 24.7 Å². The number of aromatic nitrogens is 1. The second kappa shape index (κ2) is 10.8. The summed E-state index contributed by atoms with van der Waals surface area (Å²) in [5, 5.41) is 6.89. The van der Waals surface area contributed by atoms with Crippen molar-refractivity contribution in [3.63, 3.8) is 0 Å². The van der Waals surface area contributed by atoms with Crippen LogP contribution in [0.3, 0.4) is 0 Å². The fourth-order valence-corrected chi connectivity index (χ4v) is 2.74. The lowest BCUT2D eigenvalue weighted by molar-refractivity contribution is -0.153. The quantitative estimate of drug-likeness (QED) is 0.238. The number of alkyl halides is 6. The zero-order valence-electron chi connectivity index (χ0n) is 14.9. The molecule has 5 nitrogen and oxygen atoms in total. The molecule has 0 radical (unpaired) electrons. The maximum atomic E-state index is 12.5. The predicted octanol–water partition coefficient (Wildman–Crippen LogP) is 4.59. The highest BCUT2D eigenvalue weighted by molar-refractivity contribution is 14.0. The van der Waals surface area contributed by atoms with E-state index >= 15 is 0 Å². The highest BCUT2D eigenvalue weighted by Crippen LogP contribution is 2.29. The van der Waals surface area contributed by atoms with E-state index in [1.807, 2.05) is 0 Å². The van der Waals surface area contributed by atoms with Gasteiger partial charge >= 0.3 is 12.4 Å².